The lowest BCUT2D eigenvalue weighted by Crippen LogP contribution is -2.02. The van der Waals surface area contributed by atoms with E-state index in [2.05, 4.69) is 0 Å². The summed E-state index contributed by atoms with van der Waals surface area (Å²) in [4.78, 5) is 23.1. The van der Waals surface area contributed by atoms with E-state index in [0.717, 1.165) is 5.56 Å². The molecule has 0 atom stereocenters. The summed E-state index contributed by atoms with van der Waals surface area (Å²) in [6, 6.07) is 20.8. The van der Waals surface area contributed by atoms with Gasteiger partial charge in [-0.1, -0.05) is 60.7 Å². The van der Waals surface area contributed by atoms with Crippen LogP contribution in [-0.2, 0) is 0 Å². The van der Waals surface area contributed by atoms with Crippen LogP contribution in [0, 0.1) is 0 Å². The molecule has 0 aromatic heterocycles. The van der Waals surface area contributed by atoms with Crippen LogP contribution in [-0.4, -0.2) is 22.2 Å². The maximum Gasteiger partial charge on any atom is 0.336 e. The summed E-state index contributed by atoms with van der Waals surface area (Å²) in [6.07, 6.45) is 0. The van der Waals surface area contributed by atoms with E-state index in [1.54, 1.807) is 30.3 Å². The molecule has 118 valence electrons. The molecular formula is C20H14O4. The second kappa shape index (κ2) is 6.38. The van der Waals surface area contributed by atoms with E-state index >= 15 is 0 Å². The van der Waals surface area contributed by atoms with Gasteiger partial charge in [-0.3, -0.25) is 0 Å². The monoisotopic (exact) mass is 318 g/mol. The Morgan fingerprint density at radius 1 is 0.583 bits per heavy atom. The molecule has 0 unspecified atom stereocenters. The second-order valence-corrected chi connectivity index (χ2v) is 5.28. The Labute approximate surface area is 138 Å². The van der Waals surface area contributed by atoms with Gasteiger partial charge >= 0.3 is 11.9 Å². The van der Waals surface area contributed by atoms with Crippen molar-refractivity contribution in [1.29, 1.82) is 0 Å². The van der Waals surface area contributed by atoms with Crippen molar-refractivity contribution in [2.45, 2.75) is 0 Å². The van der Waals surface area contributed by atoms with Crippen molar-refractivity contribution < 1.29 is 19.8 Å². The topological polar surface area (TPSA) is 74.6 Å². The maximum atomic E-state index is 11.7. The summed E-state index contributed by atoms with van der Waals surface area (Å²) in [7, 11) is 0. The molecule has 0 heterocycles. The molecule has 2 N–H and O–H groups in total. The Morgan fingerprint density at radius 3 is 1.83 bits per heavy atom. The van der Waals surface area contributed by atoms with Gasteiger partial charge in [0.1, 0.15) is 0 Å². The highest BCUT2D eigenvalue weighted by atomic mass is 16.4. The van der Waals surface area contributed by atoms with E-state index in [4.69, 9.17) is 0 Å². The fraction of sp³-hybridized carbons (Fsp3) is 0. The quantitative estimate of drug-likeness (QED) is 0.747. The van der Waals surface area contributed by atoms with E-state index in [-0.39, 0.29) is 11.1 Å². The molecule has 0 radical (unpaired) electrons. The minimum absolute atomic E-state index is 0.138. The third-order valence-electron chi connectivity index (χ3n) is 3.80. The van der Waals surface area contributed by atoms with Gasteiger partial charge in [-0.05, 0) is 34.4 Å². The molecule has 3 rings (SSSR count). The van der Waals surface area contributed by atoms with Gasteiger partial charge in [0.05, 0.1) is 11.1 Å². The van der Waals surface area contributed by atoms with Crippen molar-refractivity contribution in [3.8, 4) is 22.3 Å². The van der Waals surface area contributed by atoms with Gasteiger partial charge in [0.25, 0.3) is 0 Å². The van der Waals surface area contributed by atoms with Crippen LogP contribution in [0.15, 0.2) is 72.8 Å². The third-order valence-corrected chi connectivity index (χ3v) is 3.80. The first kappa shape index (κ1) is 15.5. The van der Waals surface area contributed by atoms with Crippen LogP contribution in [0.25, 0.3) is 22.3 Å². The number of benzene rings is 3. The minimum Gasteiger partial charge on any atom is -0.478 e. The summed E-state index contributed by atoms with van der Waals surface area (Å²) in [6.45, 7) is 0. The van der Waals surface area contributed by atoms with Crippen LogP contribution >= 0.6 is 0 Å². The van der Waals surface area contributed by atoms with Crippen molar-refractivity contribution in [1.82, 2.24) is 0 Å². The third kappa shape index (κ3) is 2.90. The molecule has 0 aliphatic carbocycles. The number of rotatable bonds is 4. The fourth-order valence-corrected chi connectivity index (χ4v) is 2.68. The fourth-order valence-electron chi connectivity index (χ4n) is 2.68. The van der Waals surface area contributed by atoms with Crippen molar-refractivity contribution in [2.24, 2.45) is 0 Å². The van der Waals surface area contributed by atoms with E-state index in [1.165, 1.54) is 12.1 Å². The molecule has 3 aromatic carbocycles. The van der Waals surface area contributed by atoms with Crippen molar-refractivity contribution in [2.75, 3.05) is 0 Å². The largest absolute Gasteiger partial charge is 0.478 e. The van der Waals surface area contributed by atoms with Crippen LogP contribution in [0.4, 0.5) is 0 Å². The van der Waals surface area contributed by atoms with Gasteiger partial charge in [-0.25, -0.2) is 9.59 Å². The summed E-state index contributed by atoms with van der Waals surface area (Å²) >= 11 is 0. The van der Waals surface area contributed by atoms with Crippen molar-refractivity contribution >= 4 is 11.9 Å². The molecule has 24 heavy (non-hydrogen) atoms. The van der Waals surface area contributed by atoms with Crippen LogP contribution in [0.3, 0.4) is 0 Å². The molecule has 0 amide bonds. The summed E-state index contributed by atoms with van der Waals surface area (Å²) < 4.78 is 0. The Kier molecular flexibility index (Phi) is 4.12. The molecule has 4 heteroatoms. The molecule has 0 saturated heterocycles. The Bertz CT molecular complexity index is 914. The van der Waals surface area contributed by atoms with Gasteiger partial charge in [-0.15, -0.1) is 0 Å². The minimum atomic E-state index is -1.05. The first-order chi connectivity index (χ1) is 11.6. The van der Waals surface area contributed by atoms with E-state index in [0.29, 0.717) is 16.7 Å². The zero-order valence-electron chi connectivity index (χ0n) is 12.6. The van der Waals surface area contributed by atoms with E-state index in [9.17, 15) is 19.8 Å². The van der Waals surface area contributed by atoms with E-state index in [1.807, 2.05) is 30.3 Å². The molecule has 0 spiro atoms. The number of aromatic carboxylic acids is 2. The lowest BCUT2D eigenvalue weighted by molar-refractivity contribution is 0.0687. The number of hydrogen-bond acceptors (Lipinski definition) is 2. The highest BCUT2D eigenvalue weighted by Gasteiger charge is 2.16. The van der Waals surface area contributed by atoms with Crippen molar-refractivity contribution in [3.05, 3.63) is 83.9 Å². The lowest BCUT2D eigenvalue weighted by atomic mass is 9.93. The molecular weight excluding hydrogens is 304 g/mol. The molecule has 0 fully saturated rings. The first-order valence-electron chi connectivity index (χ1n) is 7.33. The predicted molar refractivity (Wildman–Crippen MR) is 91.2 cm³/mol. The number of carboxylic acid groups (broad SMARTS) is 2. The van der Waals surface area contributed by atoms with Gasteiger partial charge in [0, 0.05) is 0 Å². The molecule has 4 nitrogen and oxygen atoms in total. The highest BCUT2D eigenvalue weighted by Crippen LogP contribution is 2.30. The average Bonchev–Trinajstić information content (AvgIpc) is 2.62. The normalized spacial score (nSPS) is 10.3. The number of carboxylic acids is 2. The molecule has 0 bridgehead atoms. The zero-order chi connectivity index (χ0) is 17.1. The van der Waals surface area contributed by atoms with E-state index < -0.39 is 11.9 Å². The molecule has 0 saturated carbocycles. The average molecular weight is 318 g/mol. The molecule has 0 aliphatic rings. The van der Waals surface area contributed by atoms with Gasteiger partial charge in [0.2, 0.25) is 0 Å². The van der Waals surface area contributed by atoms with Crippen LogP contribution in [0.2, 0.25) is 0 Å². The Morgan fingerprint density at radius 2 is 1.17 bits per heavy atom. The Balaban J connectivity index is 2.18. The summed E-state index contributed by atoms with van der Waals surface area (Å²) in [5.74, 6) is -2.10. The smallest absolute Gasteiger partial charge is 0.336 e. The summed E-state index contributed by atoms with van der Waals surface area (Å²) in [5.41, 5.74) is 2.73. The Hall–Kier alpha value is -3.40. The van der Waals surface area contributed by atoms with Gasteiger partial charge < -0.3 is 10.2 Å². The van der Waals surface area contributed by atoms with Crippen LogP contribution in [0.1, 0.15) is 20.7 Å². The molecule has 3 aromatic rings. The van der Waals surface area contributed by atoms with Gasteiger partial charge in [-0.2, -0.15) is 0 Å². The lowest BCUT2D eigenvalue weighted by Gasteiger charge is -2.11. The van der Waals surface area contributed by atoms with Gasteiger partial charge in [0.15, 0.2) is 0 Å². The van der Waals surface area contributed by atoms with Crippen LogP contribution < -0.4 is 0 Å². The summed E-state index contributed by atoms with van der Waals surface area (Å²) in [5, 5.41) is 18.9. The zero-order valence-corrected chi connectivity index (χ0v) is 12.6. The second-order valence-electron chi connectivity index (χ2n) is 5.28. The first-order valence-corrected chi connectivity index (χ1v) is 7.33. The predicted octanol–water partition coefficient (Wildman–Crippen LogP) is 4.42. The van der Waals surface area contributed by atoms with Crippen molar-refractivity contribution in [3.63, 3.8) is 0 Å². The maximum absolute atomic E-state index is 11.7. The number of carbonyl (C=O) groups is 2. The highest BCUT2D eigenvalue weighted by molar-refractivity contribution is 6.00. The standard InChI is InChI=1S/C20H14O4/c21-19(22)17-9-5-4-8-15(17)14-10-11-16(18(12-14)20(23)24)13-6-2-1-3-7-13/h1-12H,(H,21,22)(H,23,24). The molecule has 0 aliphatic heterocycles. The SMILES string of the molecule is O=C(O)c1ccccc1-c1ccc(-c2ccccc2)c(C(=O)O)c1. The van der Waals surface area contributed by atoms with Crippen LogP contribution in [0.5, 0.6) is 0 Å². The number of hydrogen-bond donors (Lipinski definition) is 2.